The first kappa shape index (κ1) is 9.41. The van der Waals surface area contributed by atoms with Gasteiger partial charge in [0.15, 0.2) is 0 Å². The largest absolute Gasteiger partial charge is 0.396 e. The number of aliphatic hydroxyl groups is 1. The van der Waals surface area contributed by atoms with Crippen molar-refractivity contribution in [3.63, 3.8) is 0 Å². The summed E-state index contributed by atoms with van der Waals surface area (Å²) in [4.78, 5) is 0. The predicted octanol–water partition coefficient (Wildman–Crippen LogP) is 2.56. The second-order valence-corrected chi connectivity index (χ2v) is 5.25. The summed E-state index contributed by atoms with van der Waals surface area (Å²) < 4.78 is 0. The second kappa shape index (κ2) is 3.34. The summed E-state index contributed by atoms with van der Waals surface area (Å²) in [7, 11) is 0. The van der Waals surface area contributed by atoms with E-state index in [1.165, 1.54) is 43.2 Å². The van der Waals surface area contributed by atoms with E-state index in [9.17, 15) is 5.11 Å². The van der Waals surface area contributed by atoms with Crippen LogP contribution in [0.15, 0.2) is 24.3 Å². The molecule has 15 heavy (non-hydrogen) atoms. The number of aliphatic hydroxyl groups excluding tert-OH is 1. The highest BCUT2D eigenvalue weighted by molar-refractivity contribution is 5.33. The Morgan fingerprint density at radius 1 is 1.13 bits per heavy atom. The van der Waals surface area contributed by atoms with Crippen molar-refractivity contribution < 1.29 is 5.11 Å². The third-order valence-electron chi connectivity index (χ3n) is 4.58. The molecule has 1 aromatic carbocycles. The molecule has 2 aliphatic carbocycles. The Bertz CT molecular complexity index is 335. The molecule has 0 aliphatic heterocycles. The Morgan fingerprint density at radius 2 is 1.73 bits per heavy atom. The maximum atomic E-state index is 9.58. The third-order valence-corrected chi connectivity index (χ3v) is 4.58. The van der Waals surface area contributed by atoms with E-state index in [1.54, 1.807) is 0 Å². The topological polar surface area (TPSA) is 20.2 Å². The van der Waals surface area contributed by atoms with E-state index in [0.29, 0.717) is 12.5 Å². The van der Waals surface area contributed by atoms with Crippen LogP contribution in [0.5, 0.6) is 0 Å². The molecule has 2 aliphatic rings. The van der Waals surface area contributed by atoms with Crippen LogP contribution in [0.3, 0.4) is 0 Å². The van der Waals surface area contributed by atoms with Crippen molar-refractivity contribution in [2.45, 2.75) is 32.1 Å². The quantitative estimate of drug-likeness (QED) is 0.781. The summed E-state index contributed by atoms with van der Waals surface area (Å²) >= 11 is 0. The van der Waals surface area contributed by atoms with Crippen molar-refractivity contribution in [1.82, 2.24) is 0 Å². The van der Waals surface area contributed by atoms with Crippen LogP contribution in [0.2, 0.25) is 0 Å². The van der Waals surface area contributed by atoms with Crippen molar-refractivity contribution in [2.75, 3.05) is 6.61 Å². The van der Waals surface area contributed by atoms with Gasteiger partial charge in [-0.3, -0.25) is 0 Å². The van der Waals surface area contributed by atoms with Gasteiger partial charge in [0, 0.05) is 6.61 Å². The lowest BCUT2D eigenvalue weighted by atomic mass is 9.60. The van der Waals surface area contributed by atoms with Gasteiger partial charge in [0.2, 0.25) is 0 Å². The fraction of sp³-hybridized carbons (Fsp3) is 0.571. The minimum absolute atomic E-state index is 0.277. The van der Waals surface area contributed by atoms with Crippen LogP contribution in [0.4, 0.5) is 0 Å². The minimum Gasteiger partial charge on any atom is -0.396 e. The number of rotatable bonds is 2. The maximum Gasteiger partial charge on any atom is 0.0490 e. The highest BCUT2D eigenvalue weighted by Gasteiger charge is 2.45. The number of hydrogen-bond donors (Lipinski definition) is 1. The van der Waals surface area contributed by atoms with Gasteiger partial charge in [0.25, 0.3) is 0 Å². The molecule has 1 nitrogen and oxygen atoms in total. The molecule has 3 rings (SSSR count). The van der Waals surface area contributed by atoms with Gasteiger partial charge in [0.05, 0.1) is 0 Å². The molecule has 0 unspecified atom stereocenters. The Morgan fingerprint density at radius 3 is 2.13 bits per heavy atom. The molecule has 0 radical (unpaired) electrons. The number of benzene rings is 1. The molecule has 80 valence electrons. The van der Waals surface area contributed by atoms with Crippen LogP contribution < -0.4 is 0 Å². The molecule has 1 N–H and O–H groups in total. The normalized spacial score (nSPS) is 23.5. The summed E-state index contributed by atoms with van der Waals surface area (Å²) in [6, 6.07) is 8.76. The summed E-state index contributed by atoms with van der Waals surface area (Å²) in [5, 5.41) is 9.58. The Labute approximate surface area is 91.1 Å². The lowest BCUT2D eigenvalue weighted by Gasteiger charge is -2.45. The fourth-order valence-corrected chi connectivity index (χ4v) is 3.32. The van der Waals surface area contributed by atoms with Crippen LogP contribution in [-0.4, -0.2) is 11.7 Å². The van der Waals surface area contributed by atoms with Gasteiger partial charge < -0.3 is 5.11 Å². The van der Waals surface area contributed by atoms with E-state index in [0.717, 1.165) is 0 Å². The molecule has 0 saturated heterocycles. The highest BCUT2D eigenvalue weighted by Crippen LogP contribution is 2.51. The molecular formula is C14H18O. The van der Waals surface area contributed by atoms with Gasteiger partial charge in [-0.25, -0.2) is 0 Å². The maximum absolute atomic E-state index is 9.58. The average Bonchev–Trinajstić information content (AvgIpc) is 2.60. The molecule has 0 amide bonds. The molecule has 0 bridgehead atoms. The SMILES string of the molecule is OCC1(C2Cc3ccccc3C2)CCC1. The van der Waals surface area contributed by atoms with E-state index in [-0.39, 0.29) is 5.41 Å². The third kappa shape index (κ3) is 1.33. The van der Waals surface area contributed by atoms with E-state index < -0.39 is 0 Å². The first-order chi connectivity index (χ1) is 7.34. The average molecular weight is 202 g/mol. The molecular weight excluding hydrogens is 184 g/mol. The van der Waals surface area contributed by atoms with Crippen LogP contribution in [0.25, 0.3) is 0 Å². The lowest BCUT2D eigenvalue weighted by molar-refractivity contribution is -0.00984. The monoisotopic (exact) mass is 202 g/mol. The minimum atomic E-state index is 0.277. The second-order valence-electron chi connectivity index (χ2n) is 5.25. The molecule has 0 spiro atoms. The van der Waals surface area contributed by atoms with Gasteiger partial charge in [0.1, 0.15) is 0 Å². The van der Waals surface area contributed by atoms with Crippen molar-refractivity contribution in [3.05, 3.63) is 35.4 Å². The van der Waals surface area contributed by atoms with Crippen molar-refractivity contribution in [3.8, 4) is 0 Å². The zero-order chi connectivity index (χ0) is 10.3. The first-order valence-corrected chi connectivity index (χ1v) is 6.02. The molecule has 0 atom stereocenters. The molecule has 1 fully saturated rings. The number of hydrogen-bond acceptors (Lipinski definition) is 1. The summed E-state index contributed by atoms with van der Waals surface area (Å²) in [6.45, 7) is 0.394. The van der Waals surface area contributed by atoms with Gasteiger partial charge in [-0.2, -0.15) is 0 Å². The Kier molecular flexibility index (Phi) is 2.10. The van der Waals surface area contributed by atoms with Crippen LogP contribution in [0.1, 0.15) is 30.4 Å². The van der Waals surface area contributed by atoms with Gasteiger partial charge >= 0.3 is 0 Å². The Balaban J connectivity index is 1.83. The summed E-state index contributed by atoms with van der Waals surface area (Å²) in [5.74, 6) is 0.702. The fourth-order valence-electron chi connectivity index (χ4n) is 3.32. The standard InChI is InChI=1S/C14H18O/c15-10-14(6-3-7-14)13-8-11-4-1-2-5-12(11)9-13/h1-2,4-5,13,15H,3,6-10H2. The van der Waals surface area contributed by atoms with Crippen LogP contribution >= 0.6 is 0 Å². The highest BCUT2D eigenvalue weighted by atomic mass is 16.3. The summed E-state index contributed by atoms with van der Waals surface area (Å²) in [6.07, 6.45) is 6.17. The smallest absolute Gasteiger partial charge is 0.0490 e. The van der Waals surface area contributed by atoms with Crippen molar-refractivity contribution in [1.29, 1.82) is 0 Å². The lowest BCUT2D eigenvalue weighted by Crippen LogP contribution is -2.41. The van der Waals surface area contributed by atoms with Gasteiger partial charge in [-0.1, -0.05) is 30.7 Å². The van der Waals surface area contributed by atoms with Gasteiger partial charge in [-0.15, -0.1) is 0 Å². The molecule has 1 heteroatoms. The van der Waals surface area contributed by atoms with E-state index in [4.69, 9.17) is 0 Å². The van der Waals surface area contributed by atoms with E-state index in [1.807, 2.05) is 0 Å². The predicted molar refractivity (Wildman–Crippen MR) is 60.7 cm³/mol. The van der Waals surface area contributed by atoms with Crippen LogP contribution in [-0.2, 0) is 12.8 Å². The van der Waals surface area contributed by atoms with Crippen molar-refractivity contribution >= 4 is 0 Å². The molecule has 0 heterocycles. The summed E-state index contributed by atoms with van der Waals surface area (Å²) in [5.41, 5.74) is 3.31. The zero-order valence-electron chi connectivity index (χ0n) is 9.08. The van der Waals surface area contributed by atoms with Gasteiger partial charge in [-0.05, 0) is 48.1 Å². The van der Waals surface area contributed by atoms with E-state index in [2.05, 4.69) is 24.3 Å². The first-order valence-electron chi connectivity index (χ1n) is 6.02. The zero-order valence-corrected chi connectivity index (χ0v) is 9.08. The van der Waals surface area contributed by atoms with E-state index >= 15 is 0 Å². The molecule has 0 aromatic heterocycles. The molecule has 1 saturated carbocycles. The van der Waals surface area contributed by atoms with Crippen LogP contribution in [0, 0.1) is 11.3 Å². The Hall–Kier alpha value is -0.820. The molecule has 1 aromatic rings. The number of fused-ring (bicyclic) bond motifs is 1. The van der Waals surface area contributed by atoms with Crippen molar-refractivity contribution in [2.24, 2.45) is 11.3 Å².